The first-order chi connectivity index (χ1) is 11.2. The average Bonchev–Trinajstić information content (AvgIpc) is 2.78. The van der Waals surface area contributed by atoms with Crippen molar-refractivity contribution in [2.45, 2.75) is 18.9 Å². The fourth-order valence-electron chi connectivity index (χ4n) is 2.56. The van der Waals surface area contributed by atoms with Gasteiger partial charge in [0.05, 0.1) is 17.7 Å². The fourth-order valence-corrected chi connectivity index (χ4v) is 2.79. The fraction of sp³-hybridized carbons (Fsp3) is 0.312. The first-order valence-electron chi connectivity index (χ1n) is 7.42. The summed E-state index contributed by atoms with van der Waals surface area (Å²) in [5, 5.41) is 14.5. The highest BCUT2D eigenvalue weighted by Gasteiger charge is 2.22. The number of nitrogens with zero attached hydrogens (tertiary/aromatic N) is 2. The van der Waals surface area contributed by atoms with Crippen molar-refractivity contribution in [3.8, 4) is 5.75 Å². The SMILES string of the molecule is CNC(=O)c1ccc(NC2CCCOc3c(Cl)cccc32)nn1. The Morgan fingerprint density at radius 1 is 1.30 bits per heavy atom. The maximum atomic E-state index is 11.5. The Hall–Kier alpha value is -2.34. The molecule has 3 rings (SSSR count). The van der Waals surface area contributed by atoms with Crippen LogP contribution in [0, 0.1) is 0 Å². The zero-order valence-corrected chi connectivity index (χ0v) is 13.4. The number of para-hydroxylation sites is 1. The molecule has 0 fully saturated rings. The number of ether oxygens (including phenoxy) is 1. The zero-order chi connectivity index (χ0) is 16.2. The van der Waals surface area contributed by atoms with Crippen LogP contribution in [0.4, 0.5) is 5.82 Å². The first kappa shape index (κ1) is 15.6. The number of amides is 1. The van der Waals surface area contributed by atoms with E-state index in [-0.39, 0.29) is 17.6 Å². The number of anilines is 1. The lowest BCUT2D eigenvalue weighted by Gasteiger charge is -2.19. The van der Waals surface area contributed by atoms with Crippen LogP contribution in [-0.4, -0.2) is 29.8 Å². The van der Waals surface area contributed by atoms with Crippen molar-refractivity contribution in [1.29, 1.82) is 0 Å². The Bertz CT molecular complexity index is 706. The standard InChI is InChI=1S/C16H17ClN4O2/c1-18-16(22)13-7-8-14(21-20-13)19-12-6-3-9-23-15-10(12)4-2-5-11(15)17/h2,4-5,7-8,12H,3,6,9H2,1H3,(H,18,22)(H,19,21). The number of hydrogen-bond donors (Lipinski definition) is 2. The molecule has 0 aliphatic carbocycles. The summed E-state index contributed by atoms with van der Waals surface area (Å²) in [7, 11) is 1.56. The molecule has 0 bridgehead atoms. The third-order valence-corrected chi connectivity index (χ3v) is 4.00. The number of nitrogens with one attached hydrogen (secondary N) is 2. The van der Waals surface area contributed by atoms with Gasteiger partial charge in [-0.05, 0) is 31.0 Å². The van der Waals surface area contributed by atoms with E-state index >= 15 is 0 Å². The van der Waals surface area contributed by atoms with Gasteiger partial charge in [-0.25, -0.2) is 0 Å². The minimum atomic E-state index is -0.260. The number of benzene rings is 1. The van der Waals surface area contributed by atoms with Crippen LogP contribution in [0.25, 0.3) is 0 Å². The largest absolute Gasteiger partial charge is 0.492 e. The van der Waals surface area contributed by atoms with Crippen LogP contribution in [-0.2, 0) is 0 Å². The van der Waals surface area contributed by atoms with E-state index in [1.807, 2.05) is 18.2 Å². The summed E-state index contributed by atoms with van der Waals surface area (Å²) in [6.45, 7) is 0.635. The molecule has 0 saturated heterocycles. The molecule has 6 nitrogen and oxygen atoms in total. The molecule has 23 heavy (non-hydrogen) atoms. The molecular formula is C16H17ClN4O2. The van der Waals surface area contributed by atoms with Crippen LogP contribution in [0.1, 0.15) is 34.9 Å². The maximum Gasteiger partial charge on any atom is 0.271 e. The van der Waals surface area contributed by atoms with E-state index < -0.39 is 0 Å². The zero-order valence-electron chi connectivity index (χ0n) is 12.7. The van der Waals surface area contributed by atoms with Gasteiger partial charge >= 0.3 is 0 Å². The molecule has 1 aromatic carbocycles. The minimum absolute atomic E-state index is 0.0337. The molecule has 2 N–H and O–H groups in total. The van der Waals surface area contributed by atoms with Crippen molar-refractivity contribution in [1.82, 2.24) is 15.5 Å². The topological polar surface area (TPSA) is 76.1 Å². The van der Waals surface area contributed by atoms with E-state index in [1.165, 1.54) is 0 Å². The summed E-state index contributed by atoms with van der Waals surface area (Å²) in [6, 6.07) is 9.14. The molecule has 1 aromatic heterocycles. The predicted octanol–water partition coefficient (Wildman–Crippen LogP) is 2.82. The number of halogens is 1. The number of rotatable bonds is 3. The predicted molar refractivity (Wildman–Crippen MR) is 88.0 cm³/mol. The summed E-state index contributed by atoms with van der Waals surface area (Å²) in [4.78, 5) is 11.5. The Kier molecular flexibility index (Phi) is 4.62. The van der Waals surface area contributed by atoms with Crippen molar-refractivity contribution >= 4 is 23.3 Å². The molecule has 0 spiro atoms. The quantitative estimate of drug-likeness (QED) is 0.904. The molecule has 0 saturated carbocycles. The van der Waals surface area contributed by atoms with Gasteiger partial charge in [-0.15, -0.1) is 10.2 Å². The summed E-state index contributed by atoms with van der Waals surface area (Å²) < 4.78 is 5.75. The van der Waals surface area contributed by atoms with Crippen molar-refractivity contribution in [2.75, 3.05) is 19.0 Å². The number of carbonyl (C=O) groups is 1. The van der Waals surface area contributed by atoms with E-state index in [4.69, 9.17) is 16.3 Å². The van der Waals surface area contributed by atoms with Gasteiger partial charge in [-0.2, -0.15) is 0 Å². The van der Waals surface area contributed by atoms with Crippen molar-refractivity contribution in [3.05, 3.63) is 46.6 Å². The normalized spacial score (nSPS) is 16.7. The molecule has 120 valence electrons. The Balaban J connectivity index is 1.83. The van der Waals surface area contributed by atoms with Crippen molar-refractivity contribution in [3.63, 3.8) is 0 Å². The molecule has 1 aliphatic heterocycles. The maximum absolute atomic E-state index is 11.5. The molecule has 1 atom stereocenters. The van der Waals surface area contributed by atoms with Crippen LogP contribution >= 0.6 is 11.6 Å². The molecule has 1 amide bonds. The number of hydrogen-bond acceptors (Lipinski definition) is 5. The highest BCUT2D eigenvalue weighted by Crippen LogP contribution is 2.38. The Morgan fingerprint density at radius 2 is 2.17 bits per heavy atom. The second kappa shape index (κ2) is 6.83. The summed E-state index contributed by atoms with van der Waals surface area (Å²) in [5.41, 5.74) is 1.29. The molecule has 0 radical (unpaired) electrons. The average molecular weight is 333 g/mol. The molecule has 2 aromatic rings. The third kappa shape index (κ3) is 3.37. The molecule has 1 unspecified atom stereocenters. The second-order valence-electron chi connectivity index (χ2n) is 5.23. The Labute approximate surface area is 139 Å². The van der Waals surface area contributed by atoms with Crippen LogP contribution in [0.3, 0.4) is 0 Å². The van der Waals surface area contributed by atoms with E-state index in [0.29, 0.717) is 17.4 Å². The molecule has 2 heterocycles. The highest BCUT2D eigenvalue weighted by molar-refractivity contribution is 6.32. The lowest BCUT2D eigenvalue weighted by atomic mass is 10.0. The lowest BCUT2D eigenvalue weighted by molar-refractivity contribution is 0.0957. The third-order valence-electron chi connectivity index (χ3n) is 3.70. The van der Waals surface area contributed by atoms with E-state index in [2.05, 4.69) is 20.8 Å². The number of carbonyl (C=O) groups excluding carboxylic acids is 1. The molecular weight excluding hydrogens is 316 g/mol. The highest BCUT2D eigenvalue weighted by atomic mass is 35.5. The van der Waals surface area contributed by atoms with Crippen molar-refractivity contribution < 1.29 is 9.53 Å². The minimum Gasteiger partial charge on any atom is -0.492 e. The number of aromatic nitrogens is 2. The van der Waals surface area contributed by atoms with Gasteiger partial charge in [0, 0.05) is 12.6 Å². The van der Waals surface area contributed by atoms with Gasteiger partial charge < -0.3 is 15.4 Å². The van der Waals surface area contributed by atoms with Crippen LogP contribution in [0.2, 0.25) is 5.02 Å². The molecule has 1 aliphatic rings. The summed E-state index contributed by atoms with van der Waals surface area (Å²) in [5.74, 6) is 1.07. The molecule has 7 heteroatoms. The smallest absolute Gasteiger partial charge is 0.271 e. The van der Waals surface area contributed by atoms with Gasteiger partial charge in [-0.1, -0.05) is 23.7 Å². The first-order valence-corrected chi connectivity index (χ1v) is 7.80. The van der Waals surface area contributed by atoms with E-state index in [0.717, 1.165) is 24.2 Å². The number of fused-ring (bicyclic) bond motifs is 1. The monoisotopic (exact) mass is 332 g/mol. The Morgan fingerprint density at radius 3 is 2.91 bits per heavy atom. The van der Waals surface area contributed by atoms with Gasteiger partial charge in [0.15, 0.2) is 5.69 Å². The van der Waals surface area contributed by atoms with Crippen LogP contribution < -0.4 is 15.4 Å². The summed E-state index contributed by atoms with van der Waals surface area (Å²) >= 11 is 6.23. The van der Waals surface area contributed by atoms with Gasteiger partial charge in [0.25, 0.3) is 5.91 Å². The van der Waals surface area contributed by atoms with E-state index in [1.54, 1.807) is 19.2 Å². The van der Waals surface area contributed by atoms with Gasteiger partial charge in [0.2, 0.25) is 0 Å². The van der Waals surface area contributed by atoms with Crippen molar-refractivity contribution in [2.24, 2.45) is 0 Å². The summed E-state index contributed by atoms with van der Waals surface area (Å²) in [6.07, 6.45) is 1.80. The van der Waals surface area contributed by atoms with Gasteiger partial charge in [-0.3, -0.25) is 4.79 Å². The van der Waals surface area contributed by atoms with Crippen LogP contribution in [0.15, 0.2) is 30.3 Å². The van der Waals surface area contributed by atoms with E-state index in [9.17, 15) is 4.79 Å². The van der Waals surface area contributed by atoms with Crippen LogP contribution in [0.5, 0.6) is 5.75 Å². The lowest BCUT2D eigenvalue weighted by Crippen LogP contribution is -2.20. The van der Waals surface area contributed by atoms with Gasteiger partial charge in [0.1, 0.15) is 11.6 Å². The second-order valence-corrected chi connectivity index (χ2v) is 5.64.